The Morgan fingerprint density at radius 3 is 3.00 bits per heavy atom. The van der Waals surface area contributed by atoms with Crippen molar-refractivity contribution in [2.24, 2.45) is 0 Å². The molecule has 1 aliphatic heterocycles. The Labute approximate surface area is 172 Å². The van der Waals surface area contributed by atoms with Crippen LogP contribution in [0.3, 0.4) is 0 Å². The smallest absolute Gasteiger partial charge is 0.143 e. The van der Waals surface area contributed by atoms with Crippen molar-refractivity contribution in [1.29, 1.82) is 0 Å². The molecule has 146 valence electrons. The second-order valence-electron chi connectivity index (χ2n) is 6.87. The molecule has 1 aliphatic rings. The monoisotopic (exact) mass is 442 g/mol. The van der Waals surface area contributed by atoms with Crippen LogP contribution in [0, 0.1) is 0 Å². The topological polar surface area (TPSA) is 76.9 Å². The van der Waals surface area contributed by atoms with E-state index in [0.717, 1.165) is 40.9 Å². The molecule has 0 spiro atoms. The highest BCUT2D eigenvalue weighted by Gasteiger charge is 2.26. The molecule has 1 aromatic heterocycles. The molecule has 0 aliphatic carbocycles. The predicted octanol–water partition coefficient (Wildman–Crippen LogP) is 3.02. The third-order valence-electron chi connectivity index (χ3n) is 5.10. The van der Waals surface area contributed by atoms with Crippen molar-refractivity contribution in [3.05, 3.63) is 64.4 Å². The van der Waals surface area contributed by atoms with E-state index in [-0.39, 0.29) is 6.04 Å². The number of nitrogens with zero attached hydrogens (tertiary/aromatic N) is 4. The lowest BCUT2D eigenvalue weighted by Gasteiger charge is -2.34. The van der Waals surface area contributed by atoms with Crippen LogP contribution in [0.15, 0.2) is 53.3 Å². The molecule has 2 heterocycles. The summed E-state index contributed by atoms with van der Waals surface area (Å²) in [6, 6.07) is 15.1. The molecule has 2 N–H and O–H groups in total. The molecule has 3 aromatic rings. The van der Waals surface area contributed by atoms with Gasteiger partial charge in [0.1, 0.15) is 12.1 Å². The number of benzene rings is 2. The van der Waals surface area contributed by atoms with E-state index in [4.69, 9.17) is 4.74 Å². The fourth-order valence-electron chi connectivity index (χ4n) is 3.72. The average Bonchev–Trinajstić information content (AvgIpc) is 3.27. The van der Waals surface area contributed by atoms with Crippen LogP contribution < -0.4 is 15.4 Å². The van der Waals surface area contributed by atoms with Crippen molar-refractivity contribution in [2.75, 3.05) is 13.7 Å². The Hall–Kier alpha value is -2.29. The highest BCUT2D eigenvalue weighted by Crippen LogP contribution is 2.27. The van der Waals surface area contributed by atoms with Crippen LogP contribution in [0.2, 0.25) is 0 Å². The Bertz CT molecular complexity index is 917. The van der Waals surface area contributed by atoms with E-state index in [9.17, 15) is 0 Å². The first kappa shape index (κ1) is 19.0. The van der Waals surface area contributed by atoms with Crippen LogP contribution in [0.1, 0.15) is 30.0 Å². The normalized spacial score (nSPS) is 19.5. The highest BCUT2D eigenvalue weighted by molar-refractivity contribution is 9.10. The number of rotatable bonds is 6. The van der Waals surface area contributed by atoms with Gasteiger partial charge in [0.15, 0.2) is 0 Å². The van der Waals surface area contributed by atoms with Crippen molar-refractivity contribution < 1.29 is 4.74 Å². The molecular weight excluding hydrogens is 420 g/mol. The largest absolute Gasteiger partial charge is 0.496 e. The molecule has 0 amide bonds. The number of halogens is 1. The van der Waals surface area contributed by atoms with E-state index >= 15 is 0 Å². The van der Waals surface area contributed by atoms with E-state index in [1.807, 2.05) is 12.1 Å². The Morgan fingerprint density at radius 1 is 1.29 bits per heavy atom. The summed E-state index contributed by atoms with van der Waals surface area (Å²) in [5, 5.41) is 18.8. The second-order valence-corrected chi connectivity index (χ2v) is 7.78. The number of hydrogen-bond acceptors (Lipinski definition) is 6. The van der Waals surface area contributed by atoms with Crippen LogP contribution in [0.25, 0.3) is 5.69 Å². The summed E-state index contributed by atoms with van der Waals surface area (Å²) in [4.78, 5) is 0. The van der Waals surface area contributed by atoms with Gasteiger partial charge in [-0.25, -0.2) is 4.68 Å². The van der Waals surface area contributed by atoms with E-state index in [1.165, 1.54) is 5.56 Å². The second kappa shape index (κ2) is 8.81. The SMILES string of the molecule is COc1ccc(-n2cnnn2)cc1CN[C@H]1CCCN[C@H]1c1cccc(Br)c1. The zero-order chi connectivity index (χ0) is 19.3. The molecular formula is C20H23BrN6O. The fraction of sp³-hybridized carbons (Fsp3) is 0.350. The third-order valence-corrected chi connectivity index (χ3v) is 5.59. The van der Waals surface area contributed by atoms with Gasteiger partial charge in [-0.3, -0.25) is 0 Å². The van der Waals surface area contributed by atoms with Gasteiger partial charge in [-0.05, 0) is 65.7 Å². The fourth-order valence-corrected chi connectivity index (χ4v) is 4.14. The first-order chi connectivity index (χ1) is 13.7. The maximum atomic E-state index is 5.56. The van der Waals surface area contributed by atoms with Gasteiger partial charge in [0.05, 0.1) is 12.8 Å². The summed E-state index contributed by atoms with van der Waals surface area (Å²) < 4.78 is 8.31. The van der Waals surface area contributed by atoms with Gasteiger partial charge in [0.2, 0.25) is 0 Å². The van der Waals surface area contributed by atoms with Gasteiger partial charge < -0.3 is 15.4 Å². The van der Waals surface area contributed by atoms with E-state index in [0.29, 0.717) is 12.6 Å². The molecule has 0 unspecified atom stereocenters. The van der Waals surface area contributed by atoms with Crippen LogP contribution in [0.5, 0.6) is 5.75 Å². The summed E-state index contributed by atoms with van der Waals surface area (Å²) >= 11 is 3.59. The number of nitrogens with one attached hydrogen (secondary N) is 2. The molecule has 1 fully saturated rings. The van der Waals surface area contributed by atoms with Gasteiger partial charge in [0, 0.05) is 28.7 Å². The van der Waals surface area contributed by atoms with E-state index in [2.05, 4.69) is 72.4 Å². The Morgan fingerprint density at radius 2 is 2.21 bits per heavy atom. The lowest BCUT2D eigenvalue weighted by molar-refractivity contribution is 0.302. The summed E-state index contributed by atoms with van der Waals surface area (Å²) in [5.74, 6) is 0.854. The van der Waals surface area contributed by atoms with Crippen molar-refractivity contribution in [1.82, 2.24) is 30.8 Å². The van der Waals surface area contributed by atoms with Crippen molar-refractivity contribution in [2.45, 2.75) is 31.5 Å². The van der Waals surface area contributed by atoms with Crippen molar-refractivity contribution in [3.8, 4) is 11.4 Å². The predicted molar refractivity (Wildman–Crippen MR) is 110 cm³/mol. The molecule has 0 saturated carbocycles. The first-order valence-electron chi connectivity index (χ1n) is 9.37. The molecule has 8 heteroatoms. The van der Waals surface area contributed by atoms with Gasteiger partial charge in [-0.2, -0.15) is 0 Å². The molecule has 28 heavy (non-hydrogen) atoms. The number of piperidine rings is 1. The van der Waals surface area contributed by atoms with E-state index < -0.39 is 0 Å². The van der Waals surface area contributed by atoms with Gasteiger partial charge in [-0.15, -0.1) is 5.10 Å². The number of aromatic nitrogens is 4. The Balaban J connectivity index is 1.53. The third kappa shape index (κ3) is 4.24. The summed E-state index contributed by atoms with van der Waals surface area (Å²) in [7, 11) is 1.70. The molecule has 1 saturated heterocycles. The maximum absolute atomic E-state index is 5.56. The summed E-state index contributed by atoms with van der Waals surface area (Å²) in [6.07, 6.45) is 3.87. The summed E-state index contributed by atoms with van der Waals surface area (Å²) in [5.41, 5.74) is 3.28. The van der Waals surface area contributed by atoms with Gasteiger partial charge >= 0.3 is 0 Å². The maximum Gasteiger partial charge on any atom is 0.143 e. The zero-order valence-corrected chi connectivity index (χ0v) is 17.3. The molecule has 0 bridgehead atoms. The number of ether oxygens (including phenoxy) is 1. The molecule has 0 radical (unpaired) electrons. The average molecular weight is 443 g/mol. The minimum absolute atomic E-state index is 0.278. The standard InChI is InChI=1S/C20H23BrN6O/c1-28-19-8-7-17(27-13-24-25-26-27)11-15(19)12-23-18-6-3-9-22-20(18)14-4-2-5-16(21)10-14/h2,4-5,7-8,10-11,13,18,20,22-23H,3,6,9,12H2,1H3/t18-,20-/m0/s1. The van der Waals surface area contributed by atoms with Crippen molar-refractivity contribution >= 4 is 15.9 Å². The minimum atomic E-state index is 0.278. The summed E-state index contributed by atoms with van der Waals surface area (Å²) in [6.45, 7) is 1.74. The zero-order valence-electron chi connectivity index (χ0n) is 15.7. The molecule has 7 nitrogen and oxygen atoms in total. The minimum Gasteiger partial charge on any atom is -0.496 e. The molecule has 2 aromatic carbocycles. The van der Waals surface area contributed by atoms with Crippen LogP contribution in [0.4, 0.5) is 0 Å². The van der Waals surface area contributed by atoms with Crippen LogP contribution in [-0.4, -0.2) is 39.9 Å². The molecule has 4 rings (SSSR count). The highest BCUT2D eigenvalue weighted by atomic mass is 79.9. The quantitative estimate of drug-likeness (QED) is 0.610. The van der Waals surface area contributed by atoms with Gasteiger partial charge in [0.25, 0.3) is 0 Å². The van der Waals surface area contributed by atoms with E-state index in [1.54, 1.807) is 18.1 Å². The lowest BCUT2D eigenvalue weighted by atomic mass is 9.92. The van der Waals surface area contributed by atoms with Crippen molar-refractivity contribution in [3.63, 3.8) is 0 Å². The first-order valence-corrected chi connectivity index (χ1v) is 10.2. The molecule has 2 atom stereocenters. The van der Waals surface area contributed by atoms with Gasteiger partial charge in [-0.1, -0.05) is 28.1 Å². The lowest BCUT2D eigenvalue weighted by Crippen LogP contribution is -2.45. The number of tetrazole rings is 1. The number of methoxy groups -OCH3 is 1. The Kier molecular flexibility index (Phi) is 5.99. The van der Waals surface area contributed by atoms with Crippen LogP contribution >= 0.6 is 15.9 Å². The van der Waals surface area contributed by atoms with Crippen LogP contribution in [-0.2, 0) is 6.54 Å². The number of hydrogen-bond donors (Lipinski definition) is 2.